The van der Waals surface area contributed by atoms with Crippen molar-refractivity contribution in [2.45, 2.75) is 43.6 Å². The molecule has 0 amide bonds. The fourth-order valence-electron chi connectivity index (χ4n) is 3.84. The highest BCUT2D eigenvalue weighted by Crippen LogP contribution is 2.33. The van der Waals surface area contributed by atoms with Crippen LogP contribution in [0.1, 0.15) is 37.8 Å². The lowest BCUT2D eigenvalue weighted by molar-refractivity contribution is 0.620. The summed E-state index contributed by atoms with van der Waals surface area (Å²) < 4.78 is 3.62. The number of nitrogens with one attached hydrogen (secondary N) is 1. The minimum absolute atomic E-state index is 0.0564. The molecular formula is C23H22N6O2S. The molecule has 162 valence electrons. The summed E-state index contributed by atoms with van der Waals surface area (Å²) in [6.07, 6.45) is 1.85. The van der Waals surface area contributed by atoms with Gasteiger partial charge in [0, 0.05) is 6.54 Å². The van der Waals surface area contributed by atoms with Crippen molar-refractivity contribution in [1.82, 2.24) is 29.1 Å². The molecule has 0 aliphatic rings. The maximum absolute atomic E-state index is 13.1. The number of hydrogen-bond acceptors (Lipinski definition) is 6. The average molecular weight is 447 g/mol. The Bertz CT molecular complexity index is 1570. The lowest BCUT2D eigenvalue weighted by Crippen LogP contribution is -2.23. The van der Waals surface area contributed by atoms with E-state index in [-0.39, 0.29) is 16.4 Å². The second-order valence-electron chi connectivity index (χ2n) is 7.67. The van der Waals surface area contributed by atoms with Gasteiger partial charge in [0.25, 0.3) is 11.1 Å². The maximum Gasteiger partial charge on any atom is 0.262 e. The highest BCUT2D eigenvalue weighted by Gasteiger charge is 2.20. The summed E-state index contributed by atoms with van der Waals surface area (Å²) in [7, 11) is 0. The summed E-state index contributed by atoms with van der Waals surface area (Å²) in [5.41, 5.74) is 1.20. The van der Waals surface area contributed by atoms with Gasteiger partial charge in [-0.3, -0.25) is 18.6 Å². The number of unbranched alkanes of at least 4 members (excludes halogenated alkanes) is 1. The first kappa shape index (κ1) is 20.4. The number of H-pyrrole nitrogens is 1. The zero-order valence-corrected chi connectivity index (χ0v) is 18.6. The summed E-state index contributed by atoms with van der Waals surface area (Å²) in [5.74, 6) is 1.09. The van der Waals surface area contributed by atoms with E-state index in [0.29, 0.717) is 39.6 Å². The molecule has 0 aliphatic heterocycles. The van der Waals surface area contributed by atoms with E-state index in [1.54, 1.807) is 10.6 Å². The van der Waals surface area contributed by atoms with Crippen LogP contribution in [0.25, 0.3) is 27.6 Å². The smallest absolute Gasteiger partial charge is 0.262 e. The molecule has 0 bridgehead atoms. The van der Waals surface area contributed by atoms with E-state index in [0.717, 1.165) is 18.4 Å². The number of fused-ring (bicyclic) bond motifs is 4. The number of hydrogen-bond donors (Lipinski definition) is 1. The van der Waals surface area contributed by atoms with Crippen LogP contribution < -0.4 is 11.1 Å². The fraction of sp³-hybridized carbons (Fsp3) is 0.261. The summed E-state index contributed by atoms with van der Waals surface area (Å²) >= 11 is 1.44. The predicted octanol–water partition coefficient (Wildman–Crippen LogP) is 3.93. The van der Waals surface area contributed by atoms with Gasteiger partial charge < -0.3 is 4.98 Å². The number of benzene rings is 2. The quantitative estimate of drug-likeness (QED) is 0.397. The van der Waals surface area contributed by atoms with Crippen molar-refractivity contribution in [3.8, 4) is 0 Å². The molecular weight excluding hydrogens is 424 g/mol. The van der Waals surface area contributed by atoms with Crippen molar-refractivity contribution in [3.63, 3.8) is 0 Å². The molecule has 1 atom stereocenters. The molecule has 5 rings (SSSR count). The van der Waals surface area contributed by atoms with Crippen LogP contribution in [-0.2, 0) is 6.54 Å². The molecule has 0 unspecified atom stereocenters. The van der Waals surface area contributed by atoms with Crippen molar-refractivity contribution in [1.29, 1.82) is 0 Å². The Kier molecular flexibility index (Phi) is 5.26. The van der Waals surface area contributed by atoms with Gasteiger partial charge >= 0.3 is 0 Å². The Labute approximate surface area is 187 Å². The zero-order chi connectivity index (χ0) is 22.2. The van der Waals surface area contributed by atoms with Crippen LogP contribution in [0.15, 0.2) is 63.3 Å². The lowest BCUT2D eigenvalue weighted by Gasteiger charge is -2.13. The number of para-hydroxylation sites is 2. The van der Waals surface area contributed by atoms with Gasteiger partial charge in [-0.1, -0.05) is 49.4 Å². The van der Waals surface area contributed by atoms with Crippen molar-refractivity contribution in [2.75, 3.05) is 0 Å². The van der Waals surface area contributed by atoms with Crippen LogP contribution >= 0.6 is 11.8 Å². The van der Waals surface area contributed by atoms with Gasteiger partial charge in [-0.15, -0.1) is 10.2 Å². The highest BCUT2D eigenvalue weighted by atomic mass is 32.2. The van der Waals surface area contributed by atoms with Gasteiger partial charge in [0.05, 0.1) is 27.1 Å². The molecule has 32 heavy (non-hydrogen) atoms. The lowest BCUT2D eigenvalue weighted by atomic mass is 10.2. The first-order valence-electron chi connectivity index (χ1n) is 10.6. The molecule has 2 aromatic carbocycles. The second-order valence-corrected chi connectivity index (χ2v) is 8.98. The van der Waals surface area contributed by atoms with Gasteiger partial charge in [0.2, 0.25) is 5.78 Å². The molecule has 5 aromatic rings. The molecule has 0 fully saturated rings. The summed E-state index contributed by atoms with van der Waals surface area (Å²) in [5, 5.41) is 10.4. The molecule has 0 radical (unpaired) electrons. The number of rotatable bonds is 6. The maximum atomic E-state index is 13.1. The fourth-order valence-corrected chi connectivity index (χ4v) is 4.75. The van der Waals surface area contributed by atoms with E-state index in [9.17, 15) is 9.59 Å². The van der Waals surface area contributed by atoms with Crippen LogP contribution in [0.3, 0.4) is 0 Å². The summed E-state index contributed by atoms with van der Waals surface area (Å²) in [4.78, 5) is 33.1. The second kappa shape index (κ2) is 8.23. The largest absolute Gasteiger partial charge is 0.309 e. The Morgan fingerprint density at radius 1 is 1.03 bits per heavy atom. The predicted molar refractivity (Wildman–Crippen MR) is 126 cm³/mol. The molecule has 0 saturated carbocycles. The Morgan fingerprint density at radius 3 is 2.59 bits per heavy atom. The standard InChI is InChI=1S/C23H22N6O2S/c1-3-4-13-28-21(31)16-10-6-8-12-18(16)29-22(28)26-27-23(29)32-14(2)19-24-17-11-7-5-9-15(17)20(30)25-19/h5-12,14H,3-4,13H2,1-2H3,(H,24,25,30)/t14-/m1/s1. The first-order chi connectivity index (χ1) is 15.6. The number of thioether (sulfide) groups is 1. The normalized spacial score (nSPS) is 12.7. The molecule has 0 aliphatic carbocycles. The van der Waals surface area contributed by atoms with E-state index >= 15 is 0 Å². The minimum Gasteiger partial charge on any atom is -0.309 e. The van der Waals surface area contributed by atoms with E-state index in [4.69, 9.17) is 0 Å². The topological polar surface area (TPSA) is 97.9 Å². The monoisotopic (exact) mass is 446 g/mol. The molecule has 0 saturated heterocycles. The van der Waals surface area contributed by atoms with Gasteiger partial charge in [0.1, 0.15) is 5.82 Å². The van der Waals surface area contributed by atoms with Crippen LogP contribution in [0, 0.1) is 0 Å². The van der Waals surface area contributed by atoms with Crippen molar-refractivity contribution >= 4 is 39.3 Å². The molecule has 9 heteroatoms. The first-order valence-corrected chi connectivity index (χ1v) is 11.5. The van der Waals surface area contributed by atoms with E-state index < -0.39 is 0 Å². The third-order valence-corrected chi connectivity index (χ3v) is 6.56. The molecule has 1 N–H and O–H groups in total. The number of aromatic amines is 1. The summed E-state index contributed by atoms with van der Waals surface area (Å²) in [6, 6.07) is 14.8. The third-order valence-electron chi connectivity index (χ3n) is 5.51. The van der Waals surface area contributed by atoms with Crippen LogP contribution in [0.5, 0.6) is 0 Å². The zero-order valence-electron chi connectivity index (χ0n) is 17.8. The number of aryl methyl sites for hydroxylation is 1. The highest BCUT2D eigenvalue weighted by molar-refractivity contribution is 7.99. The van der Waals surface area contributed by atoms with Crippen molar-refractivity contribution in [2.24, 2.45) is 0 Å². The van der Waals surface area contributed by atoms with E-state index in [2.05, 4.69) is 27.1 Å². The Balaban J connectivity index is 1.63. The van der Waals surface area contributed by atoms with E-state index in [1.807, 2.05) is 53.8 Å². The average Bonchev–Trinajstić information content (AvgIpc) is 3.22. The van der Waals surface area contributed by atoms with E-state index in [1.165, 1.54) is 11.8 Å². The Hall–Kier alpha value is -3.46. The van der Waals surface area contributed by atoms with Crippen LogP contribution in [0.4, 0.5) is 0 Å². The van der Waals surface area contributed by atoms with Gasteiger partial charge in [-0.2, -0.15) is 0 Å². The third kappa shape index (κ3) is 3.38. The van der Waals surface area contributed by atoms with Gasteiger partial charge in [0.15, 0.2) is 5.16 Å². The molecule has 3 heterocycles. The van der Waals surface area contributed by atoms with Crippen LogP contribution in [-0.4, -0.2) is 29.1 Å². The summed E-state index contributed by atoms with van der Waals surface area (Å²) in [6.45, 7) is 4.64. The number of nitrogens with zero attached hydrogens (tertiary/aromatic N) is 5. The SMILES string of the molecule is CCCCn1c(=O)c2ccccc2n2c(S[C@H](C)c3nc4ccccc4c(=O)[nH]3)nnc12. The molecule has 0 spiro atoms. The van der Waals surface area contributed by atoms with Crippen molar-refractivity contribution in [3.05, 3.63) is 75.1 Å². The minimum atomic E-state index is -0.186. The van der Waals surface area contributed by atoms with Gasteiger partial charge in [-0.25, -0.2) is 4.98 Å². The number of aromatic nitrogens is 6. The van der Waals surface area contributed by atoms with Gasteiger partial charge in [-0.05, 0) is 37.6 Å². The molecule has 3 aromatic heterocycles. The Morgan fingerprint density at radius 2 is 1.78 bits per heavy atom. The van der Waals surface area contributed by atoms with Crippen molar-refractivity contribution < 1.29 is 0 Å². The molecule has 8 nitrogen and oxygen atoms in total. The van der Waals surface area contributed by atoms with Crippen LogP contribution in [0.2, 0.25) is 0 Å².